The Bertz CT molecular complexity index is 116. The first-order valence-corrected chi connectivity index (χ1v) is 2.58. The Kier molecular flexibility index (Phi) is 3.69. The molecular formula is C6H11N2+. The van der Waals surface area contributed by atoms with Gasteiger partial charge in [0.05, 0.1) is 6.20 Å². The predicted octanol–water partition coefficient (Wildman–Crippen LogP) is 1.42. The molecule has 1 N–H and O–H groups in total. The molecule has 0 atom stereocenters. The van der Waals surface area contributed by atoms with E-state index in [9.17, 15) is 0 Å². The summed E-state index contributed by atoms with van der Waals surface area (Å²) in [6.45, 7) is 7.39. The van der Waals surface area contributed by atoms with Gasteiger partial charge in [0.25, 0.3) is 0 Å². The van der Waals surface area contributed by atoms with Crippen molar-refractivity contribution in [2.24, 2.45) is 0 Å². The molecule has 0 aromatic carbocycles. The van der Waals surface area contributed by atoms with Crippen molar-refractivity contribution in [3.63, 3.8) is 0 Å². The molecule has 0 aliphatic rings. The molecule has 0 saturated heterocycles. The zero-order valence-electron chi connectivity index (χ0n) is 5.31. The summed E-state index contributed by atoms with van der Waals surface area (Å²) in [7, 11) is 0. The van der Waals surface area contributed by atoms with Gasteiger partial charge in [-0.3, -0.25) is 0 Å². The highest BCUT2D eigenvalue weighted by Crippen LogP contribution is 1.81. The molecule has 0 aliphatic heterocycles. The van der Waals surface area contributed by atoms with Gasteiger partial charge in [0.1, 0.15) is 0 Å². The van der Waals surface area contributed by atoms with Crippen LogP contribution in [0.25, 0.3) is 4.85 Å². The van der Waals surface area contributed by atoms with Crippen LogP contribution in [0.15, 0.2) is 12.8 Å². The van der Waals surface area contributed by atoms with Crippen LogP contribution >= 0.6 is 0 Å². The third-order valence-corrected chi connectivity index (χ3v) is 0.489. The van der Waals surface area contributed by atoms with Gasteiger partial charge in [0.15, 0.2) is 6.04 Å². The van der Waals surface area contributed by atoms with Gasteiger partial charge in [-0.2, -0.15) is 10.2 Å². The lowest BCUT2D eigenvalue weighted by atomic mass is 10.4. The normalized spacial score (nSPS) is 7.38. The van der Waals surface area contributed by atoms with E-state index < -0.39 is 0 Å². The molecule has 0 aromatic rings. The van der Waals surface area contributed by atoms with Crippen LogP contribution in [0.4, 0.5) is 0 Å². The highest BCUT2D eigenvalue weighted by atomic mass is 14.9. The summed E-state index contributed by atoms with van der Waals surface area (Å²) >= 11 is 0. The molecule has 0 bridgehead atoms. The van der Waals surface area contributed by atoms with Gasteiger partial charge in [0.2, 0.25) is 0 Å². The minimum atomic E-state index is 0.308. The fourth-order valence-corrected chi connectivity index (χ4v) is 0.212. The van der Waals surface area contributed by atoms with Gasteiger partial charge in [-0.1, -0.05) is 6.58 Å². The second-order valence-corrected chi connectivity index (χ2v) is 1.68. The van der Waals surface area contributed by atoms with E-state index in [2.05, 4.69) is 22.9 Å². The molecule has 0 amide bonds. The molecule has 0 fully saturated rings. The first kappa shape index (κ1) is 7.03. The van der Waals surface area contributed by atoms with Crippen molar-refractivity contribution in [2.45, 2.75) is 19.9 Å². The van der Waals surface area contributed by atoms with Gasteiger partial charge in [-0.25, -0.2) is 0 Å². The molecule has 0 saturated carbocycles. The zero-order valence-corrected chi connectivity index (χ0v) is 5.31. The SMILES string of the molecule is C=CNC#[N+]C(C)C. The third kappa shape index (κ3) is 5.03. The molecule has 0 radical (unpaired) electrons. The van der Waals surface area contributed by atoms with Crippen molar-refractivity contribution in [3.8, 4) is 6.19 Å². The first-order chi connectivity index (χ1) is 3.77. The molecule has 0 rings (SSSR count). The Morgan fingerprint density at radius 2 is 2.38 bits per heavy atom. The van der Waals surface area contributed by atoms with Gasteiger partial charge in [0, 0.05) is 0 Å². The van der Waals surface area contributed by atoms with Crippen LogP contribution < -0.4 is 5.32 Å². The average Bonchev–Trinajstić information content (AvgIpc) is 1.66. The summed E-state index contributed by atoms with van der Waals surface area (Å²) in [5.41, 5.74) is 0. The Morgan fingerprint density at radius 1 is 1.75 bits per heavy atom. The van der Waals surface area contributed by atoms with Crippen LogP contribution in [0.3, 0.4) is 0 Å². The molecule has 0 aliphatic carbocycles. The maximum Gasteiger partial charge on any atom is 0.373 e. The third-order valence-electron chi connectivity index (χ3n) is 0.489. The Hall–Kier alpha value is -0.970. The van der Waals surface area contributed by atoms with Crippen LogP contribution in [-0.2, 0) is 0 Å². The van der Waals surface area contributed by atoms with Crippen molar-refractivity contribution >= 4 is 0 Å². The van der Waals surface area contributed by atoms with E-state index in [0.29, 0.717) is 6.04 Å². The molecule has 44 valence electrons. The van der Waals surface area contributed by atoms with E-state index >= 15 is 0 Å². The van der Waals surface area contributed by atoms with Crippen LogP contribution in [0.2, 0.25) is 0 Å². The van der Waals surface area contributed by atoms with Crippen molar-refractivity contribution in [3.05, 3.63) is 17.6 Å². The van der Waals surface area contributed by atoms with E-state index in [4.69, 9.17) is 0 Å². The number of rotatable bonds is 1. The largest absolute Gasteiger partial charge is 0.373 e. The van der Waals surface area contributed by atoms with Crippen LogP contribution in [-0.4, -0.2) is 6.04 Å². The number of nitrogens with zero attached hydrogens (tertiary/aromatic N) is 1. The molecule has 0 spiro atoms. The van der Waals surface area contributed by atoms with Crippen LogP contribution in [0.5, 0.6) is 0 Å². The second kappa shape index (κ2) is 4.20. The second-order valence-electron chi connectivity index (χ2n) is 1.68. The highest BCUT2D eigenvalue weighted by Gasteiger charge is 1.87. The lowest BCUT2D eigenvalue weighted by Crippen LogP contribution is -1.91. The maximum atomic E-state index is 3.88. The minimum Gasteiger partial charge on any atom is -0.198 e. The fraction of sp³-hybridized carbons (Fsp3) is 0.500. The van der Waals surface area contributed by atoms with E-state index in [0.717, 1.165) is 0 Å². The lowest BCUT2D eigenvalue weighted by Gasteiger charge is -1.76. The Morgan fingerprint density at radius 3 is 2.75 bits per heavy atom. The van der Waals surface area contributed by atoms with Crippen molar-refractivity contribution in [2.75, 3.05) is 0 Å². The maximum absolute atomic E-state index is 3.88. The Balaban J connectivity index is 3.34. The molecule has 0 aromatic heterocycles. The first-order valence-electron chi connectivity index (χ1n) is 2.58. The van der Waals surface area contributed by atoms with Crippen molar-refractivity contribution in [1.82, 2.24) is 5.32 Å². The molecular weight excluding hydrogens is 100 g/mol. The number of nitrogens with one attached hydrogen (secondary N) is 1. The van der Waals surface area contributed by atoms with Crippen LogP contribution in [0.1, 0.15) is 13.8 Å². The average molecular weight is 111 g/mol. The van der Waals surface area contributed by atoms with Crippen molar-refractivity contribution in [1.29, 1.82) is 0 Å². The predicted molar refractivity (Wildman–Crippen MR) is 35.7 cm³/mol. The fourth-order valence-electron chi connectivity index (χ4n) is 0.212. The van der Waals surface area contributed by atoms with E-state index in [-0.39, 0.29) is 0 Å². The number of hydrogen-bond acceptors (Lipinski definition) is 1. The molecule has 8 heavy (non-hydrogen) atoms. The summed E-state index contributed by atoms with van der Waals surface area (Å²) in [5.74, 6) is 0. The van der Waals surface area contributed by atoms with Gasteiger partial charge < -0.3 is 0 Å². The number of hydrogen-bond donors (Lipinski definition) is 1. The summed E-state index contributed by atoms with van der Waals surface area (Å²) in [4.78, 5) is 3.88. The minimum absolute atomic E-state index is 0.308. The smallest absolute Gasteiger partial charge is 0.198 e. The Labute approximate surface area is 50.0 Å². The van der Waals surface area contributed by atoms with Crippen molar-refractivity contribution < 1.29 is 0 Å². The summed E-state index contributed by atoms with van der Waals surface area (Å²) in [6.07, 6.45) is 4.13. The standard InChI is InChI=1S/C6H10N2/c1-4-7-5-8-6(2)3/h4,6H,1H2,2-3H3/p+1. The summed E-state index contributed by atoms with van der Waals surface area (Å²) < 4.78 is 0. The van der Waals surface area contributed by atoms with Gasteiger partial charge in [-0.05, 0) is 13.8 Å². The summed E-state index contributed by atoms with van der Waals surface area (Å²) in [6, 6.07) is 0.308. The van der Waals surface area contributed by atoms with E-state index in [1.165, 1.54) is 6.20 Å². The van der Waals surface area contributed by atoms with E-state index in [1.807, 2.05) is 13.8 Å². The molecule has 0 heterocycles. The van der Waals surface area contributed by atoms with E-state index in [1.54, 1.807) is 0 Å². The summed E-state index contributed by atoms with van der Waals surface area (Å²) in [5, 5.41) is 2.63. The topological polar surface area (TPSA) is 16.4 Å². The van der Waals surface area contributed by atoms with Crippen LogP contribution in [0, 0.1) is 6.19 Å². The quantitative estimate of drug-likeness (QED) is 0.400. The molecule has 2 nitrogen and oxygen atoms in total. The van der Waals surface area contributed by atoms with Gasteiger partial charge in [-0.15, -0.1) is 0 Å². The van der Waals surface area contributed by atoms with Gasteiger partial charge >= 0.3 is 6.19 Å². The highest BCUT2D eigenvalue weighted by molar-refractivity contribution is 4.90. The lowest BCUT2D eigenvalue weighted by molar-refractivity contribution is 0.970. The molecule has 2 heteroatoms. The monoisotopic (exact) mass is 111 g/mol. The zero-order chi connectivity index (χ0) is 6.41. The molecule has 0 unspecified atom stereocenters.